The van der Waals surface area contributed by atoms with E-state index in [2.05, 4.69) is 4.99 Å². The molecule has 7 heteroatoms. The van der Waals surface area contributed by atoms with Gasteiger partial charge >= 0.3 is 6.18 Å². The summed E-state index contributed by atoms with van der Waals surface area (Å²) in [6, 6.07) is 10.1. The van der Waals surface area contributed by atoms with Gasteiger partial charge in [-0.3, -0.25) is 4.79 Å². The molecule has 1 heterocycles. The molecule has 0 N–H and O–H groups in total. The molecule has 0 unspecified atom stereocenters. The number of carbonyl (C=O) groups is 1. The summed E-state index contributed by atoms with van der Waals surface area (Å²) in [6.45, 7) is 1.96. The summed E-state index contributed by atoms with van der Waals surface area (Å²) in [5.41, 5.74) is 1.06. The largest absolute Gasteiger partial charge is 0.416 e. The van der Waals surface area contributed by atoms with E-state index in [4.69, 9.17) is 0 Å². The fraction of sp³-hybridized carbons (Fsp3) is 0.176. The Morgan fingerprint density at radius 2 is 1.92 bits per heavy atom. The van der Waals surface area contributed by atoms with Gasteiger partial charge in [-0.05, 0) is 42.8 Å². The van der Waals surface area contributed by atoms with Crippen LogP contribution in [0, 0.1) is 6.92 Å². The topological polar surface area (TPSA) is 34.4 Å². The molecule has 24 heavy (non-hydrogen) atoms. The zero-order chi connectivity index (χ0) is 17.5. The normalized spacial score (nSPS) is 12.8. The summed E-state index contributed by atoms with van der Waals surface area (Å²) in [6.07, 6.45) is -4.49. The number of rotatable bonds is 1. The second-order valence-electron chi connectivity index (χ2n) is 5.41. The lowest BCUT2D eigenvalue weighted by molar-refractivity contribution is -0.137. The van der Waals surface area contributed by atoms with E-state index in [0.717, 1.165) is 27.9 Å². The molecule has 3 nitrogen and oxygen atoms in total. The van der Waals surface area contributed by atoms with E-state index in [-0.39, 0.29) is 5.56 Å². The van der Waals surface area contributed by atoms with E-state index in [9.17, 15) is 18.0 Å². The van der Waals surface area contributed by atoms with Crippen molar-refractivity contribution in [1.29, 1.82) is 0 Å². The van der Waals surface area contributed by atoms with Crippen molar-refractivity contribution in [3.05, 3.63) is 64.0 Å². The predicted octanol–water partition coefficient (Wildman–Crippen LogP) is 4.31. The number of carbonyl (C=O) groups excluding carboxylic acids is 1. The summed E-state index contributed by atoms with van der Waals surface area (Å²) >= 11 is 1.32. The van der Waals surface area contributed by atoms with Crippen LogP contribution in [0.15, 0.2) is 47.5 Å². The molecule has 0 atom stereocenters. The lowest BCUT2D eigenvalue weighted by Gasteiger charge is -2.06. The molecular weight excluding hydrogens is 337 g/mol. The van der Waals surface area contributed by atoms with E-state index >= 15 is 0 Å². The van der Waals surface area contributed by atoms with Gasteiger partial charge in [-0.15, -0.1) is 0 Å². The van der Waals surface area contributed by atoms with E-state index in [1.807, 2.05) is 25.1 Å². The second kappa shape index (κ2) is 5.90. The number of nitrogens with zero attached hydrogens (tertiary/aromatic N) is 2. The minimum absolute atomic E-state index is 0.0848. The molecule has 0 aliphatic heterocycles. The third-order valence-corrected chi connectivity index (χ3v) is 4.69. The molecule has 0 radical (unpaired) electrons. The molecule has 124 valence electrons. The molecule has 0 spiro atoms. The lowest BCUT2D eigenvalue weighted by atomic mass is 10.1. The van der Waals surface area contributed by atoms with Crippen LogP contribution >= 0.6 is 11.3 Å². The highest BCUT2D eigenvalue weighted by atomic mass is 32.1. The Kier molecular flexibility index (Phi) is 4.04. The van der Waals surface area contributed by atoms with E-state index in [0.29, 0.717) is 4.80 Å². The number of fused-ring (bicyclic) bond motifs is 1. The third-order valence-electron chi connectivity index (χ3n) is 3.60. The van der Waals surface area contributed by atoms with Gasteiger partial charge in [-0.1, -0.05) is 23.5 Å². The van der Waals surface area contributed by atoms with Crippen molar-refractivity contribution in [3.63, 3.8) is 0 Å². The Labute approximate surface area is 139 Å². The minimum atomic E-state index is -4.49. The average Bonchev–Trinajstić information content (AvgIpc) is 2.82. The van der Waals surface area contributed by atoms with E-state index in [1.165, 1.54) is 23.5 Å². The second-order valence-corrected chi connectivity index (χ2v) is 6.42. The molecule has 3 rings (SSSR count). The first kappa shape index (κ1) is 16.4. The van der Waals surface area contributed by atoms with Gasteiger partial charge < -0.3 is 4.57 Å². The third kappa shape index (κ3) is 3.12. The summed E-state index contributed by atoms with van der Waals surface area (Å²) in [5, 5.41) is 0. The van der Waals surface area contributed by atoms with Gasteiger partial charge in [0, 0.05) is 12.6 Å². The molecule has 0 aliphatic carbocycles. The van der Waals surface area contributed by atoms with Crippen LogP contribution in [0.2, 0.25) is 0 Å². The first-order valence-electron chi connectivity index (χ1n) is 7.08. The number of aromatic nitrogens is 1. The summed E-state index contributed by atoms with van der Waals surface area (Å²) in [4.78, 5) is 16.7. The number of alkyl halides is 3. The Balaban J connectivity index is 2.06. The monoisotopic (exact) mass is 350 g/mol. The smallest absolute Gasteiger partial charge is 0.319 e. The highest BCUT2D eigenvalue weighted by Crippen LogP contribution is 2.29. The van der Waals surface area contributed by atoms with Crippen molar-refractivity contribution in [1.82, 2.24) is 4.57 Å². The predicted molar refractivity (Wildman–Crippen MR) is 86.9 cm³/mol. The van der Waals surface area contributed by atoms with Crippen LogP contribution in [0.5, 0.6) is 0 Å². The van der Waals surface area contributed by atoms with Gasteiger partial charge in [0.25, 0.3) is 5.91 Å². The summed E-state index contributed by atoms with van der Waals surface area (Å²) < 4.78 is 41.0. The van der Waals surface area contributed by atoms with Gasteiger partial charge in [0.2, 0.25) is 0 Å². The van der Waals surface area contributed by atoms with Crippen molar-refractivity contribution in [2.45, 2.75) is 13.1 Å². The van der Waals surface area contributed by atoms with Gasteiger partial charge in [-0.2, -0.15) is 18.2 Å². The zero-order valence-corrected chi connectivity index (χ0v) is 13.7. The van der Waals surface area contributed by atoms with Crippen LogP contribution in [0.1, 0.15) is 21.5 Å². The van der Waals surface area contributed by atoms with Gasteiger partial charge in [0.1, 0.15) is 0 Å². The minimum Gasteiger partial charge on any atom is -0.319 e. The molecular formula is C17H13F3N2OS. The number of benzene rings is 2. The zero-order valence-electron chi connectivity index (χ0n) is 12.9. The number of aryl methyl sites for hydroxylation is 2. The molecule has 0 saturated heterocycles. The summed E-state index contributed by atoms with van der Waals surface area (Å²) in [7, 11) is 1.77. The fourth-order valence-electron chi connectivity index (χ4n) is 2.33. The van der Waals surface area contributed by atoms with Crippen LogP contribution in [-0.2, 0) is 13.2 Å². The SMILES string of the molecule is Cc1ccc2c(c1)sc(=NC(=O)c1cccc(C(F)(F)F)c1)n2C. The lowest BCUT2D eigenvalue weighted by Crippen LogP contribution is -2.14. The Hall–Kier alpha value is -2.41. The highest BCUT2D eigenvalue weighted by molar-refractivity contribution is 7.16. The van der Waals surface area contributed by atoms with Crippen LogP contribution in [0.25, 0.3) is 10.2 Å². The molecule has 0 bridgehead atoms. The maximum atomic E-state index is 12.8. The van der Waals surface area contributed by atoms with Crippen LogP contribution < -0.4 is 4.80 Å². The number of halogens is 3. The molecule has 1 aromatic heterocycles. The van der Waals surface area contributed by atoms with Crippen LogP contribution in [0.4, 0.5) is 13.2 Å². The maximum absolute atomic E-state index is 12.8. The number of thiazole rings is 1. The van der Waals surface area contributed by atoms with Crippen LogP contribution in [0.3, 0.4) is 0 Å². The molecule has 0 fully saturated rings. The van der Waals surface area contributed by atoms with Crippen LogP contribution in [-0.4, -0.2) is 10.5 Å². The molecule has 3 aromatic rings. The van der Waals surface area contributed by atoms with Crippen molar-refractivity contribution in [3.8, 4) is 0 Å². The van der Waals surface area contributed by atoms with E-state index < -0.39 is 17.6 Å². The molecule has 0 saturated carbocycles. The first-order chi connectivity index (χ1) is 11.3. The van der Waals surface area contributed by atoms with Crippen molar-refractivity contribution >= 4 is 27.5 Å². The Morgan fingerprint density at radius 3 is 2.62 bits per heavy atom. The fourth-order valence-corrected chi connectivity index (χ4v) is 3.44. The Morgan fingerprint density at radius 1 is 1.17 bits per heavy atom. The first-order valence-corrected chi connectivity index (χ1v) is 7.90. The Bertz CT molecular complexity index is 999. The summed E-state index contributed by atoms with van der Waals surface area (Å²) in [5.74, 6) is -0.694. The molecule has 1 amide bonds. The van der Waals surface area contributed by atoms with Crippen molar-refractivity contribution < 1.29 is 18.0 Å². The quantitative estimate of drug-likeness (QED) is 0.644. The van der Waals surface area contributed by atoms with Gasteiger partial charge in [0.05, 0.1) is 15.8 Å². The number of amides is 1. The highest BCUT2D eigenvalue weighted by Gasteiger charge is 2.30. The van der Waals surface area contributed by atoms with E-state index in [1.54, 1.807) is 11.6 Å². The molecule has 0 aliphatic rings. The van der Waals surface area contributed by atoms with Crippen molar-refractivity contribution in [2.75, 3.05) is 0 Å². The van der Waals surface area contributed by atoms with Crippen molar-refractivity contribution in [2.24, 2.45) is 12.0 Å². The standard InChI is InChI=1S/C17H13F3N2OS/c1-10-6-7-13-14(8-10)24-16(22(13)2)21-15(23)11-4-3-5-12(9-11)17(18,19)20/h3-9H,1-2H3. The molecule has 2 aromatic carbocycles. The average molecular weight is 350 g/mol. The number of hydrogen-bond acceptors (Lipinski definition) is 2. The van der Waals surface area contributed by atoms with Gasteiger partial charge in [-0.25, -0.2) is 0 Å². The van der Waals surface area contributed by atoms with Gasteiger partial charge in [0.15, 0.2) is 4.80 Å². The number of hydrogen-bond donors (Lipinski definition) is 0. The maximum Gasteiger partial charge on any atom is 0.416 e.